The van der Waals surface area contributed by atoms with Crippen molar-refractivity contribution in [1.82, 2.24) is 9.88 Å². The highest BCUT2D eigenvalue weighted by Crippen LogP contribution is 2.50. The highest BCUT2D eigenvalue weighted by molar-refractivity contribution is 5.92. The summed E-state index contributed by atoms with van der Waals surface area (Å²) in [7, 11) is 1.38. The molecule has 24 heavy (non-hydrogen) atoms. The van der Waals surface area contributed by atoms with Crippen LogP contribution in [0.2, 0.25) is 0 Å². The van der Waals surface area contributed by atoms with Crippen molar-refractivity contribution in [3.63, 3.8) is 0 Å². The third-order valence-corrected chi connectivity index (χ3v) is 5.32. The van der Waals surface area contributed by atoms with Crippen molar-refractivity contribution >= 4 is 11.9 Å². The van der Waals surface area contributed by atoms with Crippen LogP contribution in [-0.4, -0.2) is 42.0 Å². The van der Waals surface area contributed by atoms with Gasteiger partial charge in [-0.2, -0.15) is 0 Å². The Labute approximate surface area is 142 Å². The number of hydrogen-bond donors (Lipinski definition) is 0. The number of hydrogen-bond acceptors (Lipinski definition) is 4. The number of esters is 1. The first-order valence-electron chi connectivity index (χ1n) is 8.30. The maximum Gasteiger partial charge on any atom is 0.314 e. The van der Waals surface area contributed by atoms with E-state index in [1.165, 1.54) is 7.11 Å². The fourth-order valence-corrected chi connectivity index (χ4v) is 3.82. The molecule has 0 N–H and O–H groups in total. The second-order valence-corrected chi connectivity index (χ2v) is 6.80. The Morgan fingerprint density at radius 1 is 1.33 bits per heavy atom. The summed E-state index contributed by atoms with van der Waals surface area (Å²) in [6, 6.07) is 3.81. The largest absolute Gasteiger partial charge is 0.469 e. The van der Waals surface area contributed by atoms with E-state index in [0.717, 1.165) is 24.8 Å². The van der Waals surface area contributed by atoms with Crippen LogP contribution in [0.25, 0.3) is 0 Å². The van der Waals surface area contributed by atoms with E-state index >= 15 is 0 Å². The number of nitrogens with zero attached hydrogens (tertiary/aromatic N) is 2. The minimum absolute atomic E-state index is 0.0960. The molecule has 1 saturated carbocycles. The molecule has 0 radical (unpaired) electrons. The minimum Gasteiger partial charge on any atom is -0.469 e. The first-order valence-corrected chi connectivity index (χ1v) is 8.30. The zero-order valence-corrected chi connectivity index (χ0v) is 14.0. The first-order chi connectivity index (χ1) is 11.6. The summed E-state index contributed by atoms with van der Waals surface area (Å²) in [4.78, 5) is 31.3. The predicted molar refractivity (Wildman–Crippen MR) is 88.9 cm³/mol. The summed E-state index contributed by atoms with van der Waals surface area (Å²) in [6.07, 6.45) is 12.3. The molecule has 1 amide bonds. The average Bonchev–Trinajstić information content (AvgIpc) is 3.43. The summed E-state index contributed by atoms with van der Waals surface area (Å²) in [5.41, 5.74) is -0.210. The number of carbonyl (C=O) groups excluding carboxylic acids is 2. The molecule has 0 aromatic carbocycles. The molecule has 1 atom stereocenters. The van der Waals surface area contributed by atoms with Gasteiger partial charge in [0.1, 0.15) is 0 Å². The number of rotatable bonds is 4. The molecule has 2 aliphatic rings. The van der Waals surface area contributed by atoms with E-state index in [9.17, 15) is 9.59 Å². The number of methoxy groups -OCH3 is 1. The van der Waals surface area contributed by atoms with E-state index in [-0.39, 0.29) is 11.9 Å². The van der Waals surface area contributed by atoms with Crippen LogP contribution in [0.3, 0.4) is 0 Å². The molecule has 1 saturated heterocycles. The number of pyridine rings is 1. The van der Waals surface area contributed by atoms with Gasteiger partial charge < -0.3 is 9.64 Å². The molecule has 0 spiro atoms. The van der Waals surface area contributed by atoms with Crippen molar-refractivity contribution in [3.05, 3.63) is 30.1 Å². The van der Waals surface area contributed by atoms with Crippen molar-refractivity contribution in [1.29, 1.82) is 0 Å². The average molecular weight is 326 g/mol. The maximum atomic E-state index is 13.2. The first kappa shape index (κ1) is 16.5. The fraction of sp³-hybridized carbons (Fsp3) is 0.526. The molecular formula is C19H22N2O3. The van der Waals surface area contributed by atoms with Crippen molar-refractivity contribution in [2.24, 2.45) is 5.41 Å². The van der Waals surface area contributed by atoms with E-state index in [4.69, 9.17) is 11.2 Å². The number of carbonyl (C=O) groups is 2. The molecule has 2 fully saturated rings. The Morgan fingerprint density at radius 2 is 2.04 bits per heavy atom. The Hall–Kier alpha value is -2.35. The lowest BCUT2D eigenvalue weighted by atomic mass is 9.76. The molecule has 1 aliphatic heterocycles. The van der Waals surface area contributed by atoms with Crippen molar-refractivity contribution in [3.8, 4) is 12.3 Å². The number of piperidine rings is 1. The Bertz CT molecular complexity index is 676. The van der Waals surface area contributed by atoms with E-state index in [2.05, 4.69) is 10.9 Å². The third kappa shape index (κ3) is 2.66. The van der Waals surface area contributed by atoms with Gasteiger partial charge in [-0.05, 0) is 43.4 Å². The highest BCUT2D eigenvalue weighted by Gasteiger charge is 2.55. The number of amides is 1. The van der Waals surface area contributed by atoms with Gasteiger partial charge in [-0.3, -0.25) is 14.6 Å². The third-order valence-electron chi connectivity index (χ3n) is 5.32. The maximum absolute atomic E-state index is 13.2. The molecule has 1 aromatic heterocycles. The number of aromatic nitrogens is 1. The molecule has 5 nitrogen and oxygen atoms in total. The lowest BCUT2D eigenvalue weighted by molar-refractivity contribution is -0.158. The van der Waals surface area contributed by atoms with Crippen molar-refractivity contribution in [2.45, 2.75) is 37.5 Å². The highest BCUT2D eigenvalue weighted by atomic mass is 16.5. The zero-order chi connectivity index (χ0) is 17.2. The molecular weight excluding hydrogens is 304 g/mol. The molecule has 126 valence electrons. The van der Waals surface area contributed by atoms with Gasteiger partial charge in [0, 0.05) is 31.9 Å². The molecule has 1 aromatic rings. The van der Waals surface area contributed by atoms with Gasteiger partial charge in [-0.15, -0.1) is 12.3 Å². The molecule has 2 heterocycles. The van der Waals surface area contributed by atoms with Gasteiger partial charge in [0.15, 0.2) is 0 Å². The summed E-state index contributed by atoms with van der Waals surface area (Å²) in [6.45, 7) is 1.00. The van der Waals surface area contributed by atoms with Gasteiger partial charge in [0.25, 0.3) is 0 Å². The van der Waals surface area contributed by atoms with Crippen LogP contribution in [0, 0.1) is 17.8 Å². The van der Waals surface area contributed by atoms with Crippen LogP contribution < -0.4 is 0 Å². The summed E-state index contributed by atoms with van der Waals surface area (Å²) in [5, 5.41) is 0. The number of ether oxygens (including phenoxy) is 1. The van der Waals surface area contributed by atoms with Gasteiger partial charge in [0.05, 0.1) is 17.9 Å². The Balaban J connectivity index is 1.83. The monoisotopic (exact) mass is 326 g/mol. The van der Waals surface area contributed by atoms with Crippen LogP contribution in [0.4, 0.5) is 0 Å². The van der Waals surface area contributed by atoms with Gasteiger partial charge in [0.2, 0.25) is 5.91 Å². The molecule has 0 bridgehead atoms. The lowest BCUT2D eigenvalue weighted by Gasteiger charge is -2.41. The summed E-state index contributed by atoms with van der Waals surface area (Å²) in [5.74, 6) is 2.37. The zero-order valence-electron chi connectivity index (χ0n) is 14.0. The van der Waals surface area contributed by atoms with Crippen LogP contribution in [0.1, 0.15) is 37.7 Å². The SMILES string of the molecule is C#CCC1(C(=O)OC)CCCN(C(=O)C2(c3ccncc3)CC2)C1. The molecule has 1 aliphatic carbocycles. The fourth-order valence-electron chi connectivity index (χ4n) is 3.82. The van der Waals surface area contributed by atoms with Gasteiger partial charge in [-0.1, -0.05) is 0 Å². The lowest BCUT2D eigenvalue weighted by Crippen LogP contribution is -2.52. The molecule has 1 unspecified atom stereocenters. The number of likely N-dealkylation sites (tertiary alicyclic amines) is 1. The molecule has 3 rings (SSSR count). The minimum atomic E-state index is -0.772. The van der Waals surface area contributed by atoms with E-state index in [0.29, 0.717) is 25.9 Å². The smallest absolute Gasteiger partial charge is 0.314 e. The van der Waals surface area contributed by atoms with Gasteiger partial charge in [-0.25, -0.2) is 0 Å². The van der Waals surface area contributed by atoms with Crippen LogP contribution in [0.15, 0.2) is 24.5 Å². The second kappa shape index (κ2) is 6.27. The van der Waals surface area contributed by atoms with Crippen molar-refractivity contribution in [2.75, 3.05) is 20.2 Å². The standard InChI is InChI=1S/C19H22N2O3/c1-3-7-18(17(23)24-2)8-4-13-21(14-18)16(22)19(9-10-19)15-5-11-20-12-6-15/h1,5-6,11-12H,4,7-10,13-14H2,2H3. The quantitative estimate of drug-likeness (QED) is 0.626. The van der Waals surface area contributed by atoms with Crippen LogP contribution in [-0.2, 0) is 19.7 Å². The number of terminal acetylenes is 1. The van der Waals surface area contributed by atoms with Crippen LogP contribution in [0.5, 0.6) is 0 Å². The van der Waals surface area contributed by atoms with Crippen LogP contribution >= 0.6 is 0 Å². The second-order valence-electron chi connectivity index (χ2n) is 6.80. The normalized spacial score (nSPS) is 24.8. The van der Waals surface area contributed by atoms with Crippen molar-refractivity contribution < 1.29 is 14.3 Å². The van der Waals surface area contributed by atoms with E-state index in [1.54, 1.807) is 12.4 Å². The van der Waals surface area contributed by atoms with Gasteiger partial charge >= 0.3 is 5.97 Å². The Kier molecular flexibility index (Phi) is 4.31. The van der Waals surface area contributed by atoms with E-state index < -0.39 is 10.8 Å². The summed E-state index contributed by atoms with van der Waals surface area (Å²) >= 11 is 0. The Morgan fingerprint density at radius 3 is 2.62 bits per heavy atom. The summed E-state index contributed by atoms with van der Waals surface area (Å²) < 4.78 is 4.98. The predicted octanol–water partition coefficient (Wildman–Crippen LogP) is 1.92. The topological polar surface area (TPSA) is 59.5 Å². The van der Waals surface area contributed by atoms with E-state index in [1.807, 2.05) is 17.0 Å². The molecule has 5 heteroatoms.